The van der Waals surface area contributed by atoms with Gasteiger partial charge in [-0.15, -0.1) is 65.4 Å². The number of hydrogen-bond acceptors (Lipinski definition) is 5. The molecule has 4 nitrogen and oxygen atoms in total. The maximum absolute atomic E-state index is 7.81. The van der Waals surface area contributed by atoms with Gasteiger partial charge in [0.05, 0.1) is 15.3 Å². The second-order valence-corrected chi connectivity index (χ2v) is 9.56. The molecule has 1 radical (unpaired) electrons. The third-order valence-corrected chi connectivity index (χ3v) is 6.81. The largest absolute Gasteiger partial charge is 0.498 e. The summed E-state index contributed by atoms with van der Waals surface area (Å²) in [5.41, 5.74) is 4.15. The summed E-state index contributed by atoms with van der Waals surface area (Å²) in [6, 6.07) is 28.8. The Hall–Kier alpha value is -3.70. The molecule has 0 aliphatic heterocycles. The smallest absolute Gasteiger partial charge is 0.148 e. The minimum atomic E-state index is -2.60. The number of pyridine rings is 2. The molecule has 7 rings (SSSR count). The molecule has 6 heteroatoms. The first-order valence-electron chi connectivity index (χ1n) is 14.5. The molecule has 3 aromatic carbocycles. The number of aryl methyl sites for hydroxylation is 3. The zero-order valence-corrected chi connectivity index (χ0v) is 23.3. The number of benzene rings is 3. The number of fused-ring (bicyclic) bond motifs is 5. The molecule has 0 unspecified atom stereocenters. The van der Waals surface area contributed by atoms with Crippen LogP contribution in [0.4, 0.5) is 0 Å². The van der Waals surface area contributed by atoms with Crippen molar-refractivity contribution in [3.8, 4) is 22.5 Å². The van der Waals surface area contributed by atoms with Gasteiger partial charge in [-0.05, 0) is 49.7 Å². The first kappa shape index (κ1) is 19.4. The van der Waals surface area contributed by atoms with E-state index in [-0.39, 0.29) is 36.9 Å². The van der Waals surface area contributed by atoms with Gasteiger partial charge in [-0.25, -0.2) is 4.98 Å². The molecule has 0 saturated carbocycles. The molecule has 0 aliphatic carbocycles. The van der Waals surface area contributed by atoms with Gasteiger partial charge >= 0.3 is 0 Å². The molecule has 38 heavy (non-hydrogen) atoms. The van der Waals surface area contributed by atoms with Gasteiger partial charge < -0.3 is 14.4 Å². The predicted molar refractivity (Wildman–Crippen MR) is 152 cm³/mol. The summed E-state index contributed by atoms with van der Waals surface area (Å²) in [4.78, 5) is 13.1. The van der Waals surface area contributed by atoms with Crippen LogP contribution >= 0.6 is 11.3 Å². The molecule has 7 aromatic rings. The van der Waals surface area contributed by atoms with Gasteiger partial charge in [0.2, 0.25) is 0 Å². The van der Waals surface area contributed by atoms with Gasteiger partial charge in [-0.2, -0.15) is 0 Å². The van der Waals surface area contributed by atoms with E-state index in [0.29, 0.717) is 16.7 Å². The van der Waals surface area contributed by atoms with Gasteiger partial charge in [0.25, 0.3) is 0 Å². The third kappa shape index (κ3) is 4.91. The Labute approximate surface area is 247 Å². The Morgan fingerprint density at radius 3 is 2.50 bits per heavy atom. The van der Waals surface area contributed by atoms with Crippen LogP contribution in [0.1, 0.15) is 24.4 Å². The first-order valence-corrected chi connectivity index (χ1v) is 12.3. The Bertz CT molecular complexity index is 2040. The average molecular weight is 696 g/mol. The Morgan fingerprint density at radius 1 is 0.842 bits per heavy atom. The summed E-state index contributed by atoms with van der Waals surface area (Å²) < 4.78 is 53.6. The van der Waals surface area contributed by atoms with Crippen LogP contribution in [-0.2, 0) is 20.1 Å². The summed E-state index contributed by atoms with van der Waals surface area (Å²) in [6.45, 7) is -3.25. The Balaban J connectivity index is 0.000000248. The summed E-state index contributed by atoms with van der Waals surface area (Å²) in [5, 5.41) is 2.64. The molecule has 0 bridgehead atoms. The third-order valence-electron chi connectivity index (χ3n) is 5.88. The molecular weight excluding hydrogens is 667 g/mol. The van der Waals surface area contributed by atoms with Crippen LogP contribution in [0, 0.1) is 32.8 Å². The first-order chi connectivity index (χ1) is 20.5. The standard InChI is InChI=1S/C21H15N2OS.C11H8N.Ir/c1-11-9-17(22-10-12(11)2)16-6-4-5-14-15-7-8-18-19(23-13(3)25-18)21(15)24-20(14)16;1-2-6-10(7-3-1)11-8-4-5-9-12-11;/h4-5,7-10H,1-3H3;1-6,8-9H;/q2*-1;/i1D3,2D3;;. The second kappa shape index (κ2) is 11.0. The molecule has 0 N–H and O–H groups in total. The topological polar surface area (TPSA) is 51.8 Å². The molecule has 0 saturated heterocycles. The van der Waals surface area contributed by atoms with E-state index in [0.717, 1.165) is 43.5 Å². The molecule has 0 fully saturated rings. The van der Waals surface area contributed by atoms with Gasteiger partial charge in [0, 0.05) is 46.1 Å². The fourth-order valence-electron chi connectivity index (χ4n) is 4.16. The molecular formula is C32H23IrN3OS-2. The average Bonchev–Trinajstić information content (AvgIpc) is 3.57. The Morgan fingerprint density at radius 2 is 1.71 bits per heavy atom. The summed E-state index contributed by atoms with van der Waals surface area (Å²) in [6.07, 6.45) is 2.90. The number of hydrogen-bond donors (Lipinski definition) is 0. The predicted octanol–water partition coefficient (Wildman–Crippen LogP) is 8.53. The molecule has 0 spiro atoms. The minimum Gasteiger partial charge on any atom is -0.498 e. The molecule has 4 aromatic heterocycles. The monoisotopic (exact) mass is 696 g/mol. The van der Waals surface area contributed by atoms with Gasteiger partial charge in [-0.3, -0.25) is 0 Å². The van der Waals surface area contributed by atoms with Crippen LogP contribution in [0.5, 0.6) is 0 Å². The normalized spacial score (nSPS) is 13.8. The molecule has 0 atom stereocenters. The number of rotatable bonds is 2. The molecule has 189 valence electrons. The van der Waals surface area contributed by atoms with Crippen molar-refractivity contribution in [2.45, 2.75) is 20.6 Å². The van der Waals surface area contributed by atoms with Crippen LogP contribution in [-0.4, -0.2) is 15.0 Å². The molecule has 0 amide bonds. The van der Waals surface area contributed by atoms with Crippen molar-refractivity contribution in [2.24, 2.45) is 0 Å². The number of furan rings is 1. The van der Waals surface area contributed by atoms with E-state index < -0.39 is 13.7 Å². The van der Waals surface area contributed by atoms with Crippen LogP contribution in [0.3, 0.4) is 0 Å². The van der Waals surface area contributed by atoms with Gasteiger partial charge in [0.1, 0.15) is 11.1 Å². The van der Waals surface area contributed by atoms with Crippen molar-refractivity contribution in [1.82, 2.24) is 15.0 Å². The van der Waals surface area contributed by atoms with E-state index in [4.69, 9.17) is 12.6 Å². The van der Waals surface area contributed by atoms with Crippen molar-refractivity contribution in [2.75, 3.05) is 0 Å². The number of aromatic nitrogens is 3. The molecule has 4 heterocycles. The van der Waals surface area contributed by atoms with Gasteiger partial charge in [0.15, 0.2) is 0 Å². The number of thiazole rings is 1. The maximum Gasteiger partial charge on any atom is 0.148 e. The van der Waals surface area contributed by atoms with Crippen LogP contribution in [0.2, 0.25) is 0 Å². The van der Waals surface area contributed by atoms with E-state index in [1.807, 2.05) is 67.6 Å². The van der Waals surface area contributed by atoms with Crippen LogP contribution < -0.4 is 0 Å². The fraction of sp³-hybridized carbons (Fsp3) is 0.0938. The van der Waals surface area contributed by atoms with Crippen molar-refractivity contribution in [1.29, 1.82) is 0 Å². The number of nitrogens with zero attached hydrogens (tertiary/aromatic N) is 3. The van der Waals surface area contributed by atoms with Crippen molar-refractivity contribution < 1.29 is 32.7 Å². The fourth-order valence-corrected chi connectivity index (χ4v) is 4.98. The summed E-state index contributed by atoms with van der Waals surface area (Å²) >= 11 is 1.58. The van der Waals surface area contributed by atoms with Crippen molar-refractivity contribution in [3.05, 3.63) is 113 Å². The SMILES string of the molecule is [2H]C([2H])([2H])c1cnc(-c2[c-]ccc3c2oc2c3ccc3sc(C)nc32)cc1C([2H])([2H])[2H].[Ir].[c-]1ccccc1-c1ccccn1. The van der Waals surface area contributed by atoms with E-state index in [1.165, 1.54) is 6.07 Å². The summed E-state index contributed by atoms with van der Waals surface area (Å²) in [7, 11) is 0. The second-order valence-electron chi connectivity index (χ2n) is 8.33. The van der Waals surface area contributed by atoms with Crippen LogP contribution in [0.25, 0.3) is 54.7 Å². The molecule has 0 aliphatic rings. The van der Waals surface area contributed by atoms with E-state index in [2.05, 4.69) is 27.1 Å². The maximum atomic E-state index is 7.81. The minimum absolute atomic E-state index is 0. The van der Waals surface area contributed by atoms with E-state index in [1.54, 1.807) is 23.6 Å². The van der Waals surface area contributed by atoms with Crippen LogP contribution in [0.15, 0.2) is 89.6 Å². The van der Waals surface area contributed by atoms with E-state index in [9.17, 15) is 0 Å². The van der Waals surface area contributed by atoms with E-state index >= 15 is 0 Å². The zero-order valence-electron chi connectivity index (χ0n) is 26.1. The van der Waals surface area contributed by atoms with Crippen molar-refractivity contribution >= 4 is 43.5 Å². The van der Waals surface area contributed by atoms with Crippen molar-refractivity contribution in [3.63, 3.8) is 0 Å². The Kier molecular flexibility index (Phi) is 5.59. The quantitative estimate of drug-likeness (QED) is 0.170. The zero-order chi connectivity index (χ0) is 30.4. The van der Waals surface area contributed by atoms with Gasteiger partial charge in [-0.1, -0.05) is 40.8 Å². The summed E-state index contributed by atoms with van der Waals surface area (Å²) in [5.74, 6) is 0.